The lowest BCUT2D eigenvalue weighted by atomic mass is 10.3. The van der Waals surface area contributed by atoms with Crippen LogP contribution < -0.4 is 20.1 Å². The molecular formula is C23H24N2O3. The van der Waals surface area contributed by atoms with Gasteiger partial charge in [-0.05, 0) is 74.5 Å². The number of amides is 1. The summed E-state index contributed by atoms with van der Waals surface area (Å²) in [6.07, 6.45) is 0.133. The molecule has 0 atom stereocenters. The standard InChI is InChI=1S/C23H24N2O3/c1-17(2)27-21-12-8-18(9-13-21)24-16-23(26)25-19-10-14-22(15-11-19)28-20-6-4-3-5-7-20/h3-15,17,24H,16H2,1-2H3,(H,25,26). The van der Waals surface area contributed by atoms with Crippen LogP contribution in [0.2, 0.25) is 0 Å². The van der Waals surface area contributed by atoms with E-state index in [9.17, 15) is 4.79 Å². The topological polar surface area (TPSA) is 59.6 Å². The highest BCUT2D eigenvalue weighted by atomic mass is 16.5. The Labute approximate surface area is 165 Å². The fourth-order valence-electron chi connectivity index (χ4n) is 2.54. The summed E-state index contributed by atoms with van der Waals surface area (Å²) in [5.74, 6) is 2.17. The van der Waals surface area contributed by atoms with Gasteiger partial charge < -0.3 is 20.1 Å². The molecule has 0 saturated carbocycles. The SMILES string of the molecule is CC(C)Oc1ccc(NCC(=O)Nc2ccc(Oc3ccccc3)cc2)cc1. The molecule has 5 nitrogen and oxygen atoms in total. The molecular weight excluding hydrogens is 352 g/mol. The Kier molecular flexibility index (Phi) is 6.52. The van der Waals surface area contributed by atoms with E-state index in [1.54, 1.807) is 0 Å². The van der Waals surface area contributed by atoms with E-state index >= 15 is 0 Å². The highest BCUT2D eigenvalue weighted by molar-refractivity contribution is 5.93. The Morgan fingerprint density at radius 1 is 0.786 bits per heavy atom. The Hall–Kier alpha value is -3.47. The molecule has 0 fully saturated rings. The predicted octanol–water partition coefficient (Wildman–Crippen LogP) is 5.32. The van der Waals surface area contributed by atoms with Gasteiger partial charge in [0.05, 0.1) is 12.6 Å². The van der Waals surface area contributed by atoms with E-state index in [0.717, 1.165) is 17.2 Å². The largest absolute Gasteiger partial charge is 0.491 e. The average molecular weight is 376 g/mol. The minimum absolute atomic E-state index is 0.126. The molecule has 5 heteroatoms. The van der Waals surface area contributed by atoms with Crippen molar-refractivity contribution in [3.05, 3.63) is 78.9 Å². The van der Waals surface area contributed by atoms with Crippen LogP contribution in [0.15, 0.2) is 78.9 Å². The molecule has 0 aliphatic carbocycles. The Bertz CT molecular complexity index is 876. The van der Waals surface area contributed by atoms with E-state index in [2.05, 4.69) is 10.6 Å². The Balaban J connectivity index is 1.46. The average Bonchev–Trinajstić information content (AvgIpc) is 2.69. The van der Waals surface area contributed by atoms with Gasteiger partial charge >= 0.3 is 0 Å². The fraction of sp³-hybridized carbons (Fsp3) is 0.174. The molecule has 0 heterocycles. The summed E-state index contributed by atoms with van der Waals surface area (Å²) in [4.78, 5) is 12.1. The lowest BCUT2D eigenvalue weighted by molar-refractivity contribution is -0.114. The van der Waals surface area contributed by atoms with Crippen LogP contribution in [0.5, 0.6) is 17.2 Å². The number of hydrogen-bond acceptors (Lipinski definition) is 4. The Morgan fingerprint density at radius 2 is 1.36 bits per heavy atom. The molecule has 144 valence electrons. The molecule has 0 spiro atoms. The number of para-hydroxylation sites is 1. The van der Waals surface area contributed by atoms with E-state index in [0.29, 0.717) is 11.4 Å². The predicted molar refractivity (Wildman–Crippen MR) is 112 cm³/mol. The summed E-state index contributed by atoms with van der Waals surface area (Å²) >= 11 is 0. The summed E-state index contributed by atoms with van der Waals surface area (Å²) in [5, 5.41) is 5.96. The molecule has 0 aliphatic rings. The number of benzene rings is 3. The summed E-state index contributed by atoms with van der Waals surface area (Å²) in [5.41, 5.74) is 1.57. The molecule has 3 aromatic rings. The first-order chi connectivity index (χ1) is 13.6. The van der Waals surface area contributed by atoms with Crippen molar-refractivity contribution in [3.8, 4) is 17.2 Å². The van der Waals surface area contributed by atoms with E-state index in [1.807, 2.05) is 92.7 Å². The van der Waals surface area contributed by atoms with Crippen molar-refractivity contribution in [2.75, 3.05) is 17.2 Å². The van der Waals surface area contributed by atoms with Gasteiger partial charge in [0.1, 0.15) is 17.2 Å². The maximum absolute atomic E-state index is 12.1. The minimum Gasteiger partial charge on any atom is -0.491 e. The molecule has 0 radical (unpaired) electrons. The van der Waals surface area contributed by atoms with Gasteiger partial charge in [0.25, 0.3) is 0 Å². The van der Waals surface area contributed by atoms with Crippen LogP contribution in [0.1, 0.15) is 13.8 Å². The van der Waals surface area contributed by atoms with E-state index in [1.165, 1.54) is 0 Å². The molecule has 2 N–H and O–H groups in total. The maximum atomic E-state index is 12.1. The van der Waals surface area contributed by atoms with Crippen LogP contribution >= 0.6 is 0 Å². The summed E-state index contributed by atoms with van der Waals surface area (Å²) in [6, 6.07) is 24.4. The molecule has 1 amide bonds. The van der Waals surface area contributed by atoms with Gasteiger partial charge in [-0.3, -0.25) is 4.79 Å². The normalized spacial score (nSPS) is 10.4. The lowest BCUT2D eigenvalue weighted by Gasteiger charge is -2.11. The van der Waals surface area contributed by atoms with Crippen molar-refractivity contribution in [3.63, 3.8) is 0 Å². The van der Waals surface area contributed by atoms with Gasteiger partial charge in [0.15, 0.2) is 0 Å². The molecule has 0 bridgehead atoms. The van der Waals surface area contributed by atoms with Crippen LogP contribution in [0.25, 0.3) is 0 Å². The number of carbonyl (C=O) groups excluding carboxylic acids is 1. The summed E-state index contributed by atoms with van der Waals surface area (Å²) in [7, 11) is 0. The third-order valence-electron chi connectivity index (χ3n) is 3.80. The van der Waals surface area contributed by atoms with Gasteiger partial charge in [0.2, 0.25) is 5.91 Å². The molecule has 0 aromatic heterocycles. The van der Waals surface area contributed by atoms with Crippen molar-refractivity contribution in [2.24, 2.45) is 0 Å². The van der Waals surface area contributed by atoms with Crippen LogP contribution in [0.4, 0.5) is 11.4 Å². The number of carbonyl (C=O) groups is 1. The molecule has 0 aliphatic heterocycles. The maximum Gasteiger partial charge on any atom is 0.243 e. The molecule has 3 aromatic carbocycles. The monoisotopic (exact) mass is 376 g/mol. The van der Waals surface area contributed by atoms with Crippen LogP contribution in [0, 0.1) is 0 Å². The van der Waals surface area contributed by atoms with Gasteiger partial charge in [-0.25, -0.2) is 0 Å². The fourth-order valence-corrected chi connectivity index (χ4v) is 2.54. The van der Waals surface area contributed by atoms with Gasteiger partial charge in [-0.1, -0.05) is 18.2 Å². The van der Waals surface area contributed by atoms with Crippen molar-refractivity contribution in [2.45, 2.75) is 20.0 Å². The quantitative estimate of drug-likeness (QED) is 0.559. The second-order valence-corrected chi connectivity index (χ2v) is 6.53. The molecule has 3 rings (SSSR count). The lowest BCUT2D eigenvalue weighted by Crippen LogP contribution is -2.21. The zero-order chi connectivity index (χ0) is 19.8. The van der Waals surface area contributed by atoms with Crippen LogP contribution in [-0.4, -0.2) is 18.6 Å². The van der Waals surface area contributed by atoms with Gasteiger partial charge in [-0.15, -0.1) is 0 Å². The summed E-state index contributed by atoms with van der Waals surface area (Å²) in [6.45, 7) is 4.14. The third kappa shape index (κ3) is 6.06. The highest BCUT2D eigenvalue weighted by Crippen LogP contribution is 2.22. The number of hydrogen-bond donors (Lipinski definition) is 2. The number of rotatable bonds is 8. The number of nitrogens with one attached hydrogen (secondary N) is 2. The number of ether oxygens (including phenoxy) is 2. The van der Waals surface area contributed by atoms with Crippen LogP contribution in [0.3, 0.4) is 0 Å². The second kappa shape index (κ2) is 9.46. The smallest absolute Gasteiger partial charge is 0.243 e. The van der Waals surface area contributed by atoms with E-state index < -0.39 is 0 Å². The molecule has 0 unspecified atom stereocenters. The molecule has 28 heavy (non-hydrogen) atoms. The van der Waals surface area contributed by atoms with E-state index in [-0.39, 0.29) is 18.6 Å². The first kappa shape index (κ1) is 19.3. The minimum atomic E-state index is -0.126. The highest BCUT2D eigenvalue weighted by Gasteiger charge is 2.04. The van der Waals surface area contributed by atoms with E-state index in [4.69, 9.17) is 9.47 Å². The van der Waals surface area contributed by atoms with Gasteiger partial charge in [-0.2, -0.15) is 0 Å². The zero-order valence-corrected chi connectivity index (χ0v) is 16.0. The van der Waals surface area contributed by atoms with Crippen molar-refractivity contribution in [1.82, 2.24) is 0 Å². The van der Waals surface area contributed by atoms with Crippen molar-refractivity contribution < 1.29 is 14.3 Å². The zero-order valence-electron chi connectivity index (χ0n) is 16.0. The molecule has 0 saturated heterocycles. The van der Waals surface area contributed by atoms with Crippen LogP contribution in [-0.2, 0) is 4.79 Å². The number of anilines is 2. The summed E-state index contributed by atoms with van der Waals surface area (Å²) < 4.78 is 11.3. The second-order valence-electron chi connectivity index (χ2n) is 6.53. The third-order valence-corrected chi connectivity index (χ3v) is 3.80. The van der Waals surface area contributed by atoms with Crippen molar-refractivity contribution in [1.29, 1.82) is 0 Å². The Morgan fingerprint density at radius 3 is 2.00 bits per heavy atom. The van der Waals surface area contributed by atoms with Gasteiger partial charge in [0, 0.05) is 11.4 Å². The first-order valence-corrected chi connectivity index (χ1v) is 9.22. The first-order valence-electron chi connectivity index (χ1n) is 9.22. The van der Waals surface area contributed by atoms with Crippen molar-refractivity contribution >= 4 is 17.3 Å².